The highest BCUT2D eigenvalue weighted by molar-refractivity contribution is 6.15. The summed E-state index contributed by atoms with van der Waals surface area (Å²) in [6.07, 6.45) is 7.50. The summed E-state index contributed by atoms with van der Waals surface area (Å²) in [6.45, 7) is 10.7. The van der Waals surface area contributed by atoms with Crippen LogP contribution in [0.2, 0.25) is 0 Å². The van der Waals surface area contributed by atoms with E-state index in [4.69, 9.17) is 4.42 Å². The number of alkyl halides is 1. The SMILES string of the molecule is C=c1oc2ccc(NCC)cc2/c1=C/C=C\C.CCl.Cc1ccccc1F. The molecule has 0 amide bonds. The molecule has 0 fully saturated rings. The van der Waals surface area contributed by atoms with Crippen molar-refractivity contribution in [2.45, 2.75) is 20.8 Å². The lowest BCUT2D eigenvalue weighted by Crippen LogP contribution is -2.17. The van der Waals surface area contributed by atoms with Crippen molar-refractivity contribution in [3.05, 3.63) is 76.6 Å². The van der Waals surface area contributed by atoms with E-state index >= 15 is 0 Å². The van der Waals surface area contributed by atoms with Gasteiger partial charge in [-0.1, -0.05) is 43.0 Å². The maximum absolute atomic E-state index is 12.3. The summed E-state index contributed by atoms with van der Waals surface area (Å²) in [4.78, 5) is 0. The summed E-state index contributed by atoms with van der Waals surface area (Å²) in [5.74, 6) is -0.132. The lowest BCUT2D eigenvalue weighted by Gasteiger charge is -2.01. The number of halogens is 2. The molecule has 4 heteroatoms. The second-order valence-electron chi connectivity index (χ2n) is 5.62. The van der Waals surface area contributed by atoms with Crippen LogP contribution in [0.25, 0.3) is 23.6 Å². The number of nitrogens with one attached hydrogen (secondary N) is 1. The number of fused-ring (bicyclic) bond motifs is 1. The molecule has 0 atom stereocenters. The van der Waals surface area contributed by atoms with Gasteiger partial charge in [-0.2, -0.15) is 0 Å². The fourth-order valence-electron chi connectivity index (χ4n) is 2.41. The Balaban J connectivity index is 0.000000305. The number of hydrogen-bond acceptors (Lipinski definition) is 2. The molecule has 0 aliphatic carbocycles. The van der Waals surface area contributed by atoms with E-state index in [0.29, 0.717) is 11.0 Å². The number of furan rings is 1. The highest BCUT2D eigenvalue weighted by Gasteiger charge is 2.02. The number of benzene rings is 2. The van der Waals surface area contributed by atoms with E-state index in [1.165, 1.54) is 12.4 Å². The molecule has 0 saturated carbocycles. The van der Waals surface area contributed by atoms with E-state index in [9.17, 15) is 4.39 Å². The second-order valence-corrected chi connectivity index (χ2v) is 5.62. The number of anilines is 1. The van der Waals surface area contributed by atoms with Crippen LogP contribution >= 0.6 is 11.6 Å². The molecule has 0 bridgehead atoms. The Hall–Kier alpha value is -2.52. The minimum Gasteiger partial charge on any atom is -0.457 e. The van der Waals surface area contributed by atoms with Crippen LogP contribution in [-0.2, 0) is 0 Å². The van der Waals surface area contributed by atoms with Gasteiger partial charge in [-0.05, 0) is 50.6 Å². The van der Waals surface area contributed by atoms with Gasteiger partial charge in [-0.15, -0.1) is 11.6 Å². The average molecular weight is 388 g/mol. The van der Waals surface area contributed by atoms with Crippen LogP contribution < -0.4 is 16.0 Å². The summed E-state index contributed by atoms with van der Waals surface area (Å²) in [6, 6.07) is 12.8. The zero-order valence-corrected chi connectivity index (χ0v) is 17.1. The number of aryl methyl sites for hydroxylation is 1. The lowest BCUT2D eigenvalue weighted by molar-refractivity contribution is 0.577. The van der Waals surface area contributed by atoms with Crippen LogP contribution in [0.1, 0.15) is 19.4 Å². The van der Waals surface area contributed by atoms with Gasteiger partial charge in [0.15, 0.2) is 0 Å². The molecule has 0 saturated heterocycles. The van der Waals surface area contributed by atoms with Crippen molar-refractivity contribution in [1.82, 2.24) is 0 Å². The third kappa shape index (κ3) is 6.61. The van der Waals surface area contributed by atoms with Gasteiger partial charge in [0.1, 0.15) is 16.8 Å². The first-order valence-electron chi connectivity index (χ1n) is 8.74. The van der Waals surface area contributed by atoms with Gasteiger partial charge in [0.2, 0.25) is 0 Å². The number of allylic oxidation sites excluding steroid dienone is 2. The second kappa shape index (κ2) is 12.0. The minimum absolute atomic E-state index is 0.132. The summed E-state index contributed by atoms with van der Waals surface area (Å²) >= 11 is 4.64. The maximum atomic E-state index is 12.3. The Morgan fingerprint density at radius 3 is 2.44 bits per heavy atom. The molecule has 144 valence electrons. The lowest BCUT2D eigenvalue weighted by atomic mass is 10.2. The van der Waals surface area contributed by atoms with Gasteiger partial charge in [-0.25, -0.2) is 4.39 Å². The Morgan fingerprint density at radius 1 is 1.19 bits per heavy atom. The van der Waals surface area contributed by atoms with Crippen LogP contribution in [0.4, 0.5) is 10.1 Å². The smallest absolute Gasteiger partial charge is 0.135 e. The summed E-state index contributed by atoms with van der Waals surface area (Å²) in [5, 5.41) is 5.46. The molecule has 0 radical (unpaired) electrons. The zero-order valence-electron chi connectivity index (χ0n) is 16.4. The van der Waals surface area contributed by atoms with Crippen molar-refractivity contribution in [3.63, 3.8) is 0 Å². The summed E-state index contributed by atoms with van der Waals surface area (Å²) in [5.41, 5.74) is 3.41. The molecule has 27 heavy (non-hydrogen) atoms. The average Bonchev–Trinajstić information content (AvgIpc) is 2.99. The molecule has 2 nitrogen and oxygen atoms in total. The van der Waals surface area contributed by atoms with Gasteiger partial charge in [0, 0.05) is 29.2 Å². The quantitative estimate of drug-likeness (QED) is 0.590. The third-order valence-corrected chi connectivity index (χ3v) is 3.72. The first kappa shape index (κ1) is 22.5. The van der Waals surface area contributed by atoms with E-state index in [1.54, 1.807) is 19.1 Å². The van der Waals surface area contributed by atoms with Crippen LogP contribution in [-0.4, -0.2) is 12.9 Å². The summed E-state index contributed by atoms with van der Waals surface area (Å²) < 4.78 is 17.9. The fraction of sp³-hybridized carbons (Fsp3) is 0.217. The van der Waals surface area contributed by atoms with Crippen LogP contribution in [0, 0.1) is 12.7 Å². The summed E-state index contributed by atoms with van der Waals surface area (Å²) in [7, 11) is 0. The van der Waals surface area contributed by atoms with Crippen molar-refractivity contribution in [2.24, 2.45) is 0 Å². The molecule has 0 aliphatic rings. The van der Waals surface area contributed by atoms with Crippen molar-refractivity contribution < 1.29 is 8.81 Å². The molecule has 1 N–H and O–H groups in total. The molecule has 0 aliphatic heterocycles. The van der Waals surface area contributed by atoms with Crippen LogP contribution in [0.5, 0.6) is 0 Å². The molecular formula is C23H27ClFNO. The van der Waals surface area contributed by atoms with Crippen LogP contribution in [0.3, 0.4) is 0 Å². The molecule has 1 aromatic heterocycles. The number of rotatable bonds is 3. The largest absolute Gasteiger partial charge is 0.457 e. The maximum Gasteiger partial charge on any atom is 0.135 e. The Morgan fingerprint density at radius 2 is 1.89 bits per heavy atom. The van der Waals surface area contributed by atoms with E-state index in [2.05, 4.69) is 36.5 Å². The van der Waals surface area contributed by atoms with Crippen molar-refractivity contribution in [3.8, 4) is 0 Å². The van der Waals surface area contributed by atoms with Gasteiger partial charge in [0.05, 0.1) is 0 Å². The normalized spacial score (nSPS) is 11.0. The molecule has 0 spiro atoms. The molecule has 1 heterocycles. The van der Waals surface area contributed by atoms with Gasteiger partial charge >= 0.3 is 0 Å². The topological polar surface area (TPSA) is 25.2 Å². The monoisotopic (exact) mass is 387 g/mol. The minimum atomic E-state index is -0.132. The predicted molar refractivity (Wildman–Crippen MR) is 117 cm³/mol. The van der Waals surface area contributed by atoms with Crippen molar-refractivity contribution >= 4 is 40.9 Å². The first-order valence-corrected chi connectivity index (χ1v) is 9.49. The predicted octanol–water partition coefficient (Wildman–Crippen LogP) is 5.62. The van der Waals surface area contributed by atoms with E-state index < -0.39 is 0 Å². The highest BCUT2D eigenvalue weighted by atomic mass is 35.5. The molecule has 0 unspecified atom stereocenters. The molecular weight excluding hydrogens is 361 g/mol. The standard InChI is InChI=1S/C15H17NO.C7H7F.CH3Cl/c1-4-6-7-13-11(3)17-15-9-8-12(16-5-2)10-14(13)15;1-6-4-2-3-5-7(6)8;1-2/h4,6-10,16H,3,5H2,1-2H3;2-5H,1H3;1H3/b6-4-,13-7+;;. The Bertz CT molecular complexity index is 955. The van der Waals surface area contributed by atoms with Gasteiger partial charge in [-0.3, -0.25) is 0 Å². The van der Waals surface area contributed by atoms with Crippen LogP contribution in [0.15, 0.2) is 59.0 Å². The fourth-order valence-corrected chi connectivity index (χ4v) is 2.41. The highest BCUT2D eigenvalue weighted by Crippen LogP contribution is 2.15. The van der Waals surface area contributed by atoms with Gasteiger partial charge < -0.3 is 9.73 Å². The van der Waals surface area contributed by atoms with Crippen molar-refractivity contribution in [2.75, 3.05) is 18.2 Å². The Kier molecular flexibility index (Phi) is 9.99. The zero-order chi connectivity index (χ0) is 20.2. The molecule has 2 aromatic carbocycles. The van der Waals surface area contributed by atoms with Gasteiger partial charge in [0.25, 0.3) is 0 Å². The number of hydrogen-bond donors (Lipinski definition) is 1. The first-order chi connectivity index (χ1) is 13.1. The van der Waals surface area contributed by atoms with E-state index in [0.717, 1.165) is 28.4 Å². The van der Waals surface area contributed by atoms with E-state index in [-0.39, 0.29) is 5.82 Å². The molecule has 3 rings (SSSR count). The Labute approximate surface area is 165 Å². The molecule has 3 aromatic rings. The van der Waals surface area contributed by atoms with Crippen molar-refractivity contribution in [1.29, 1.82) is 0 Å². The van der Waals surface area contributed by atoms with E-state index in [1.807, 2.05) is 43.4 Å². The third-order valence-electron chi connectivity index (χ3n) is 3.72.